The van der Waals surface area contributed by atoms with Gasteiger partial charge in [-0.1, -0.05) is 44.2 Å². The van der Waals surface area contributed by atoms with E-state index in [2.05, 4.69) is 40.8 Å². The number of hydrogen-bond acceptors (Lipinski definition) is 5. The third kappa shape index (κ3) is 4.38. The van der Waals surface area contributed by atoms with E-state index in [4.69, 9.17) is 4.42 Å². The van der Waals surface area contributed by atoms with Gasteiger partial charge < -0.3 is 9.52 Å². The number of benzene rings is 1. The van der Waals surface area contributed by atoms with Gasteiger partial charge in [-0.3, -0.25) is 14.6 Å². The number of carboxylic acids is 1. The molecule has 1 spiro atoms. The second kappa shape index (κ2) is 8.28. The van der Waals surface area contributed by atoms with Crippen LogP contribution in [-0.2, 0) is 17.9 Å². The predicted octanol–water partition coefficient (Wildman–Crippen LogP) is 3.60. The standard InChI is InChI=1S/C23H31N3O3/c1-17(2)21-24-19(15-29-21)13-25-10-8-23(9-11-25)16-26(14-20(23)22(27)28)12-18-6-4-3-5-7-18/h3-7,15,17,20H,8-14,16H2,1-2H3,(H,27,28). The Labute approximate surface area is 172 Å². The minimum Gasteiger partial charge on any atom is -0.481 e. The van der Waals surface area contributed by atoms with E-state index in [0.29, 0.717) is 12.5 Å². The summed E-state index contributed by atoms with van der Waals surface area (Å²) in [5.41, 5.74) is 2.10. The molecule has 0 amide bonds. The summed E-state index contributed by atoms with van der Waals surface area (Å²) in [6.07, 6.45) is 3.60. The average Bonchev–Trinajstić information content (AvgIpc) is 3.30. The maximum Gasteiger partial charge on any atom is 0.308 e. The first-order valence-electron chi connectivity index (χ1n) is 10.6. The maximum atomic E-state index is 12.0. The number of nitrogens with zero attached hydrogens (tertiary/aromatic N) is 3. The first-order valence-corrected chi connectivity index (χ1v) is 10.6. The fraction of sp³-hybridized carbons (Fsp3) is 0.565. The lowest BCUT2D eigenvalue weighted by Crippen LogP contribution is -2.45. The summed E-state index contributed by atoms with van der Waals surface area (Å²) < 4.78 is 5.56. The highest BCUT2D eigenvalue weighted by atomic mass is 16.4. The van der Waals surface area contributed by atoms with Gasteiger partial charge in [0.2, 0.25) is 0 Å². The summed E-state index contributed by atoms with van der Waals surface area (Å²) in [6.45, 7) is 9.09. The molecule has 2 aromatic rings. The van der Waals surface area contributed by atoms with E-state index in [1.54, 1.807) is 6.26 Å². The number of carboxylic acid groups (broad SMARTS) is 1. The lowest BCUT2D eigenvalue weighted by molar-refractivity contribution is -0.146. The van der Waals surface area contributed by atoms with Crippen molar-refractivity contribution in [3.05, 3.63) is 53.7 Å². The monoisotopic (exact) mass is 397 g/mol. The zero-order valence-corrected chi connectivity index (χ0v) is 17.4. The van der Waals surface area contributed by atoms with E-state index >= 15 is 0 Å². The molecule has 1 aromatic heterocycles. The zero-order chi connectivity index (χ0) is 20.4. The van der Waals surface area contributed by atoms with Gasteiger partial charge in [-0.05, 0) is 31.5 Å². The number of aliphatic carboxylic acids is 1. The molecule has 4 rings (SSSR count). The van der Waals surface area contributed by atoms with Crippen LogP contribution in [0.2, 0.25) is 0 Å². The molecule has 1 N–H and O–H groups in total. The van der Waals surface area contributed by atoms with Crippen LogP contribution >= 0.6 is 0 Å². The van der Waals surface area contributed by atoms with Crippen molar-refractivity contribution in [3.8, 4) is 0 Å². The first-order chi connectivity index (χ1) is 13.9. The van der Waals surface area contributed by atoms with Gasteiger partial charge in [-0.25, -0.2) is 4.98 Å². The van der Waals surface area contributed by atoms with E-state index in [-0.39, 0.29) is 11.3 Å². The second-order valence-electron chi connectivity index (χ2n) is 9.02. The van der Waals surface area contributed by atoms with Gasteiger partial charge in [0.1, 0.15) is 6.26 Å². The molecule has 2 aliphatic rings. The predicted molar refractivity (Wildman–Crippen MR) is 110 cm³/mol. The van der Waals surface area contributed by atoms with Crippen LogP contribution in [0.3, 0.4) is 0 Å². The SMILES string of the molecule is CC(C)c1nc(CN2CCC3(CC2)CN(Cc2ccccc2)CC3C(=O)O)co1. The third-order valence-corrected chi connectivity index (χ3v) is 6.57. The molecule has 29 heavy (non-hydrogen) atoms. The van der Waals surface area contributed by atoms with Crippen LogP contribution < -0.4 is 0 Å². The van der Waals surface area contributed by atoms with E-state index in [1.807, 2.05) is 18.2 Å². The van der Waals surface area contributed by atoms with Gasteiger partial charge in [0.15, 0.2) is 5.89 Å². The van der Waals surface area contributed by atoms with Gasteiger partial charge in [0, 0.05) is 37.5 Å². The molecule has 1 aromatic carbocycles. The summed E-state index contributed by atoms with van der Waals surface area (Å²) in [7, 11) is 0. The molecule has 3 heterocycles. The highest BCUT2D eigenvalue weighted by Crippen LogP contribution is 2.45. The number of piperidine rings is 1. The Morgan fingerprint density at radius 1 is 1.21 bits per heavy atom. The van der Waals surface area contributed by atoms with Gasteiger partial charge >= 0.3 is 5.97 Å². The second-order valence-corrected chi connectivity index (χ2v) is 9.02. The molecule has 0 radical (unpaired) electrons. The molecule has 1 unspecified atom stereocenters. The number of aromatic nitrogens is 1. The molecule has 2 aliphatic heterocycles. The summed E-state index contributed by atoms with van der Waals surface area (Å²) in [5, 5.41) is 9.91. The lowest BCUT2D eigenvalue weighted by Gasteiger charge is -2.41. The van der Waals surface area contributed by atoms with Gasteiger partial charge in [0.25, 0.3) is 0 Å². The number of hydrogen-bond donors (Lipinski definition) is 1. The van der Waals surface area contributed by atoms with Crippen molar-refractivity contribution in [2.24, 2.45) is 11.3 Å². The largest absolute Gasteiger partial charge is 0.481 e. The molecule has 6 nitrogen and oxygen atoms in total. The Morgan fingerprint density at radius 3 is 2.55 bits per heavy atom. The Hall–Kier alpha value is -2.18. The molecule has 0 bridgehead atoms. The van der Waals surface area contributed by atoms with Crippen molar-refractivity contribution in [2.45, 2.75) is 45.7 Å². The highest BCUT2D eigenvalue weighted by molar-refractivity contribution is 5.72. The Kier molecular flexibility index (Phi) is 5.74. The van der Waals surface area contributed by atoms with Crippen molar-refractivity contribution in [1.82, 2.24) is 14.8 Å². The van der Waals surface area contributed by atoms with Crippen LogP contribution in [0.4, 0.5) is 0 Å². The van der Waals surface area contributed by atoms with Crippen molar-refractivity contribution >= 4 is 5.97 Å². The first kappa shape index (κ1) is 20.1. The van der Waals surface area contributed by atoms with Crippen LogP contribution in [0.1, 0.15) is 49.8 Å². The van der Waals surface area contributed by atoms with Gasteiger partial charge in [-0.2, -0.15) is 0 Å². The molecule has 2 saturated heterocycles. The Balaban J connectivity index is 1.39. The van der Waals surface area contributed by atoms with Crippen LogP contribution in [0, 0.1) is 11.3 Å². The van der Waals surface area contributed by atoms with Crippen molar-refractivity contribution in [2.75, 3.05) is 26.2 Å². The molecular formula is C23H31N3O3. The molecule has 6 heteroatoms. The normalized spacial score (nSPS) is 22.5. The molecular weight excluding hydrogens is 366 g/mol. The minimum absolute atomic E-state index is 0.121. The number of likely N-dealkylation sites (tertiary alicyclic amines) is 2. The summed E-state index contributed by atoms with van der Waals surface area (Å²) in [5.74, 6) is 0.144. The zero-order valence-electron chi connectivity index (χ0n) is 17.4. The average molecular weight is 398 g/mol. The van der Waals surface area contributed by atoms with E-state index in [1.165, 1.54) is 5.56 Å². The lowest BCUT2D eigenvalue weighted by atomic mass is 9.71. The van der Waals surface area contributed by atoms with Crippen LogP contribution in [0.5, 0.6) is 0 Å². The fourth-order valence-corrected chi connectivity index (χ4v) is 4.93. The van der Waals surface area contributed by atoms with Crippen LogP contribution in [0.25, 0.3) is 0 Å². The molecule has 2 fully saturated rings. The highest BCUT2D eigenvalue weighted by Gasteiger charge is 2.51. The summed E-state index contributed by atoms with van der Waals surface area (Å²) >= 11 is 0. The Bertz CT molecular complexity index is 825. The summed E-state index contributed by atoms with van der Waals surface area (Å²) in [4.78, 5) is 21.3. The summed E-state index contributed by atoms with van der Waals surface area (Å²) in [6, 6.07) is 10.3. The quantitative estimate of drug-likeness (QED) is 0.803. The molecule has 0 aliphatic carbocycles. The minimum atomic E-state index is -0.646. The Morgan fingerprint density at radius 2 is 1.93 bits per heavy atom. The number of rotatable bonds is 6. The van der Waals surface area contributed by atoms with Crippen molar-refractivity contribution < 1.29 is 14.3 Å². The van der Waals surface area contributed by atoms with Crippen molar-refractivity contribution in [1.29, 1.82) is 0 Å². The molecule has 156 valence electrons. The molecule has 1 atom stereocenters. The van der Waals surface area contributed by atoms with Crippen LogP contribution in [-0.4, -0.2) is 52.0 Å². The maximum absolute atomic E-state index is 12.0. The van der Waals surface area contributed by atoms with Crippen molar-refractivity contribution in [3.63, 3.8) is 0 Å². The van der Waals surface area contributed by atoms with E-state index < -0.39 is 5.97 Å². The third-order valence-electron chi connectivity index (χ3n) is 6.57. The number of carbonyl (C=O) groups is 1. The smallest absolute Gasteiger partial charge is 0.308 e. The topological polar surface area (TPSA) is 69.8 Å². The van der Waals surface area contributed by atoms with Gasteiger partial charge in [-0.15, -0.1) is 0 Å². The van der Waals surface area contributed by atoms with Crippen LogP contribution in [0.15, 0.2) is 41.0 Å². The van der Waals surface area contributed by atoms with E-state index in [9.17, 15) is 9.90 Å². The number of oxazole rings is 1. The fourth-order valence-electron chi connectivity index (χ4n) is 4.93. The molecule has 0 saturated carbocycles. The van der Waals surface area contributed by atoms with E-state index in [0.717, 1.165) is 57.2 Å². The van der Waals surface area contributed by atoms with Gasteiger partial charge in [0.05, 0.1) is 11.6 Å².